The van der Waals surface area contributed by atoms with Crippen LogP contribution in [0.5, 0.6) is 0 Å². The number of nitrogens with zero attached hydrogens (tertiary/aromatic N) is 1. The number of ether oxygens (including phenoxy) is 1. The van der Waals surface area contributed by atoms with Crippen LogP contribution in [-0.2, 0) is 4.74 Å². The van der Waals surface area contributed by atoms with Crippen LogP contribution < -0.4 is 16.4 Å². The van der Waals surface area contributed by atoms with Crippen LogP contribution in [0.4, 0.5) is 24.1 Å². The lowest BCUT2D eigenvalue weighted by atomic mass is 10.3. The lowest BCUT2D eigenvalue weighted by Gasteiger charge is -2.06. The maximum absolute atomic E-state index is 12.0. The molecule has 0 radical (unpaired) electrons. The van der Waals surface area contributed by atoms with E-state index in [4.69, 9.17) is 10.5 Å². The van der Waals surface area contributed by atoms with Crippen LogP contribution in [0.2, 0.25) is 0 Å². The van der Waals surface area contributed by atoms with Crippen molar-refractivity contribution in [3.8, 4) is 0 Å². The van der Waals surface area contributed by atoms with E-state index in [9.17, 15) is 18.0 Å². The highest BCUT2D eigenvalue weighted by atomic mass is 32.1. The number of rotatable bonds is 8. The van der Waals surface area contributed by atoms with Crippen molar-refractivity contribution in [3.63, 3.8) is 0 Å². The topological polar surface area (TPSA) is 89.3 Å². The second-order valence-corrected chi connectivity index (χ2v) is 5.13. The molecular weight excluding hydrogens is 309 g/mol. The van der Waals surface area contributed by atoms with Crippen molar-refractivity contribution < 1.29 is 22.7 Å². The van der Waals surface area contributed by atoms with Crippen molar-refractivity contribution in [2.75, 3.05) is 37.9 Å². The minimum absolute atomic E-state index is 0.0493. The van der Waals surface area contributed by atoms with Gasteiger partial charge in [0.1, 0.15) is 10.7 Å². The van der Waals surface area contributed by atoms with Gasteiger partial charge in [-0.15, -0.1) is 0 Å². The molecule has 1 rings (SSSR count). The van der Waals surface area contributed by atoms with Crippen molar-refractivity contribution in [2.45, 2.75) is 19.0 Å². The summed E-state index contributed by atoms with van der Waals surface area (Å²) in [5.74, 6) is -0.472. The van der Waals surface area contributed by atoms with E-state index in [0.29, 0.717) is 18.3 Å². The first-order chi connectivity index (χ1) is 9.83. The Morgan fingerprint density at radius 1 is 1.43 bits per heavy atom. The van der Waals surface area contributed by atoms with Gasteiger partial charge in [0, 0.05) is 26.6 Å². The molecule has 4 N–H and O–H groups in total. The molecule has 0 aliphatic rings. The number of halogens is 3. The molecule has 0 saturated carbocycles. The highest BCUT2D eigenvalue weighted by molar-refractivity contribution is 7.18. The molecule has 120 valence electrons. The molecule has 0 aliphatic carbocycles. The minimum Gasteiger partial charge on any atom is -0.383 e. The maximum atomic E-state index is 12.0. The minimum atomic E-state index is -4.22. The highest BCUT2D eigenvalue weighted by Crippen LogP contribution is 2.25. The Hall–Kier alpha value is -1.55. The number of carbonyl (C=O) groups is 1. The summed E-state index contributed by atoms with van der Waals surface area (Å²) in [6, 6.07) is 0. The molecule has 1 aromatic rings. The van der Waals surface area contributed by atoms with E-state index < -0.39 is 18.5 Å². The number of nitrogens with two attached hydrogens (primary N) is 1. The number of alkyl halides is 3. The lowest BCUT2D eigenvalue weighted by molar-refractivity contribution is -0.135. The van der Waals surface area contributed by atoms with Crippen molar-refractivity contribution in [1.29, 1.82) is 0 Å². The summed E-state index contributed by atoms with van der Waals surface area (Å²) in [6.07, 6.45) is -5.32. The summed E-state index contributed by atoms with van der Waals surface area (Å²) >= 11 is 1.04. The zero-order chi connectivity index (χ0) is 15.9. The zero-order valence-corrected chi connectivity index (χ0v) is 12.2. The fourth-order valence-corrected chi connectivity index (χ4v) is 2.23. The number of amides is 1. The van der Waals surface area contributed by atoms with E-state index in [2.05, 4.69) is 15.6 Å². The van der Waals surface area contributed by atoms with Gasteiger partial charge >= 0.3 is 6.18 Å². The van der Waals surface area contributed by atoms with E-state index >= 15 is 0 Å². The number of thiazole rings is 1. The maximum Gasteiger partial charge on any atom is 0.389 e. The number of nitrogen functional groups attached to an aromatic ring is 1. The summed E-state index contributed by atoms with van der Waals surface area (Å²) in [4.78, 5) is 15.9. The number of hydrogen-bond donors (Lipinski definition) is 3. The van der Waals surface area contributed by atoms with Crippen molar-refractivity contribution in [1.82, 2.24) is 10.3 Å². The van der Waals surface area contributed by atoms with Crippen molar-refractivity contribution in [2.24, 2.45) is 0 Å². The largest absolute Gasteiger partial charge is 0.389 e. The second-order valence-electron chi connectivity index (χ2n) is 4.13. The van der Waals surface area contributed by atoms with E-state index in [1.807, 2.05) is 0 Å². The van der Waals surface area contributed by atoms with Gasteiger partial charge in [-0.3, -0.25) is 4.79 Å². The molecule has 21 heavy (non-hydrogen) atoms. The van der Waals surface area contributed by atoms with Gasteiger partial charge in [-0.05, 0) is 6.42 Å². The molecule has 1 heterocycles. The Balaban J connectivity index is 2.43. The third-order valence-electron chi connectivity index (χ3n) is 2.36. The molecule has 1 aromatic heterocycles. The van der Waals surface area contributed by atoms with Gasteiger partial charge in [0.05, 0.1) is 6.61 Å². The number of carbonyl (C=O) groups excluding carboxylic acids is 1. The third-order valence-corrected chi connectivity index (χ3v) is 3.39. The summed E-state index contributed by atoms with van der Waals surface area (Å²) < 4.78 is 40.7. The fourth-order valence-electron chi connectivity index (χ4n) is 1.40. The molecule has 0 saturated heterocycles. The van der Waals surface area contributed by atoms with Crippen LogP contribution in [-0.4, -0.2) is 43.9 Å². The Morgan fingerprint density at radius 3 is 2.76 bits per heavy atom. The first-order valence-electron chi connectivity index (χ1n) is 6.17. The summed E-state index contributed by atoms with van der Waals surface area (Å²) in [5, 5.41) is 5.78. The molecule has 0 spiro atoms. The quantitative estimate of drug-likeness (QED) is 0.635. The average Bonchev–Trinajstić information content (AvgIpc) is 2.75. The predicted molar refractivity (Wildman–Crippen MR) is 74.5 cm³/mol. The zero-order valence-electron chi connectivity index (χ0n) is 11.4. The molecule has 0 fully saturated rings. The van der Waals surface area contributed by atoms with Crippen molar-refractivity contribution in [3.05, 3.63) is 4.88 Å². The van der Waals surface area contributed by atoms with Crippen LogP contribution in [0, 0.1) is 0 Å². The Kier molecular flexibility index (Phi) is 6.69. The number of nitrogens with one attached hydrogen (secondary N) is 2. The average molecular weight is 326 g/mol. The highest BCUT2D eigenvalue weighted by Gasteiger charge is 2.26. The van der Waals surface area contributed by atoms with Crippen LogP contribution in [0.25, 0.3) is 0 Å². The molecule has 10 heteroatoms. The Labute approximate surface area is 123 Å². The number of methoxy groups -OCH3 is 1. The van der Waals surface area contributed by atoms with Gasteiger partial charge in [-0.2, -0.15) is 13.2 Å². The second kappa shape index (κ2) is 8.03. The van der Waals surface area contributed by atoms with Crippen molar-refractivity contribution >= 4 is 28.2 Å². The number of hydrogen-bond acceptors (Lipinski definition) is 6. The van der Waals surface area contributed by atoms with Gasteiger partial charge in [-0.1, -0.05) is 11.3 Å². The van der Waals surface area contributed by atoms with E-state index in [1.54, 1.807) is 7.11 Å². The summed E-state index contributed by atoms with van der Waals surface area (Å²) in [6.45, 7) is 0.913. The molecule has 0 aromatic carbocycles. The molecule has 0 unspecified atom stereocenters. The smallest absolute Gasteiger partial charge is 0.383 e. The van der Waals surface area contributed by atoms with Gasteiger partial charge in [0.2, 0.25) is 0 Å². The molecule has 1 amide bonds. The van der Waals surface area contributed by atoms with Gasteiger partial charge < -0.3 is 21.1 Å². The molecule has 0 atom stereocenters. The van der Waals surface area contributed by atoms with Gasteiger partial charge in [-0.25, -0.2) is 4.98 Å². The Morgan fingerprint density at radius 2 is 2.14 bits per heavy atom. The monoisotopic (exact) mass is 326 g/mol. The fraction of sp³-hybridized carbons (Fsp3) is 0.636. The van der Waals surface area contributed by atoms with E-state index in [1.165, 1.54) is 0 Å². The molecule has 6 nitrogen and oxygen atoms in total. The normalized spacial score (nSPS) is 11.4. The SMILES string of the molecule is COCCNc1nc(N)c(C(=O)NCCCC(F)(F)F)s1. The van der Waals surface area contributed by atoms with Gasteiger partial charge in [0.25, 0.3) is 5.91 Å². The number of anilines is 2. The van der Waals surface area contributed by atoms with Crippen LogP contribution >= 0.6 is 11.3 Å². The van der Waals surface area contributed by atoms with Crippen LogP contribution in [0.15, 0.2) is 0 Å². The third kappa shape index (κ3) is 6.63. The lowest BCUT2D eigenvalue weighted by Crippen LogP contribution is -2.25. The molecule has 0 aliphatic heterocycles. The summed E-state index contributed by atoms with van der Waals surface area (Å²) in [5.41, 5.74) is 5.61. The first-order valence-corrected chi connectivity index (χ1v) is 6.99. The first kappa shape index (κ1) is 17.5. The van der Waals surface area contributed by atoms with Crippen LogP contribution in [0.1, 0.15) is 22.5 Å². The van der Waals surface area contributed by atoms with Gasteiger partial charge in [0.15, 0.2) is 5.13 Å². The predicted octanol–water partition coefficient (Wildman–Crippen LogP) is 1.86. The standard InChI is InChI=1S/C11H17F3N4O2S/c1-20-6-5-17-10-18-8(15)7(21-10)9(19)16-4-2-3-11(12,13)14/h2-6,15H2,1H3,(H,16,19)(H,17,18). The molecule has 0 bridgehead atoms. The molecular formula is C11H17F3N4O2S. The van der Waals surface area contributed by atoms with E-state index in [0.717, 1.165) is 11.3 Å². The Bertz CT molecular complexity index is 465. The number of aromatic nitrogens is 1. The summed E-state index contributed by atoms with van der Waals surface area (Å²) in [7, 11) is 1.55. The van der Waals surface area contributed by atoms with E-state index in [-0.39, 0.29) is 23.7 Å². The van der Waals surface area contributed by atoms with Crippen LogP contribution in [0.3, 0.4) is 0 Å².